The summed E-state index contributed by atoms with van der Waals surface area (Å²) in [5, 5.41) is 9.71. The second-order valence-corrected chi connectivity index (χ2v) is 3.70. The van der Waals surface area contributed by atoms with Crippen LogP contribution in [-0.2, 0) is 0 Å². The van der Waals surface area contributed by atoms with E-state index in [9.17, 15) is 4.79 Å². The lowest BCUT2D eigenvalue weighted by atomic mass is 10.1. The van der Waals surface area contributed by atoms with Gasteiger partial charge in [0.15, 0.2) is 0 Å². The van der Waals surface area contributed by atoms with Crippen molar-refractivity contribution in [3.05, 3.63) is 36.0 Å². The molecule has 16 heavy (non-hydrogen) atoms. The second-order valence-electron chi connectivity index (χ2n) is 3.70. The number of aliphatic hydroxyl groups excluding tert-OH is 1. The zero-order valence-electron chi connectivity index (χ0n) is 9.10. The van der Waals surface area contributed by atoms with Gasteiger partial charge in [-0.05, 0) is 6.07 Å². The summed E-state index contributed by atoms with van der Waals surface area (Å²) in [6.07, 6.45) is 1.71. The molecule has 4 heteroatoms. The van der Waals surface area contributed by atoms with Crippen LogP contribution in [0.5, 0.6) is 0 Å². The first kappa shape index (κ1) is 10.7. The van der Waals surface area contributed by atoms with Gasteiger partial charge in [-0.15, -0.1) is 0 Å². The van der Waals surface area contributed by atoms with Gasteiger partial charge in [0.2, 0.25) is 0 Å². The molecule has 0 radical (unpaired) electrons. The Bertz CT molecular complexity index is 504. The van der Waals surface area contributed by atoms with Gasteiger partial charge in [-0.3, -0.25) is 4.79 Å². The number of benzene rings is 1. The highest BCUT2D eigenvalue weighted by molar-refractivity contribution is 6.06. The van der Waals surface area contributed by atoms with Gasteiger partial charge in [-0.2, -0.15) is 0 Å². The van der Waals surface area contributed by atoms with Crippen LogP contribution in [0.3, 0.4) is 0 Å². The van der Waals surface area contributed by atoms with E-state index in [1.165, 1.54) is 4.90 Å². The minimum atomic E-state index is -0.0773. The number of aliphatic hydroxyl groups is 1. The van der Waals surface area contributed by atoms with E-state index >= 15 is 0 Å². The number of rotatable bonds is 3. The summed E-state index contributed by atoms with van der Waals surface area (Å²) in [6.45, 7) is 0.322. The summed E-state index contributed by atoms with van der Waals surface area (Å²) in [5.41, 5.74) is 1.59. The molecule has 0 bridgehead atoms. The summed E-state index contributed by atoms with van der Waals surface area (Å²) in [6, 6.07) is 7.66. The third-order valence-corrected chi connectivity index (χ3v) is 2.60. The van der Waals surface area contributed by atoms with Gasteiger partial charge in [-0.25, -0.2) is 0 Å². The van der Waals surface area contributed by atoms with Crippen molar-refractivity contribution in [2.24, 2.45) is 0 Å². The van der Waals surface area contributed by atoms with Crippen molar-refractivity contribution in [2.75, 3.05) is 20.2 Å². The number of carbonyl (C=O) groups is 1. The van der Waals surface area contributed by atoms with Crippen LogP contribution < -0.4 is 0 Å². The van der Waals surface area contributed by atoms with E-state index in [-0.39, 0.29) is 12.5 Å². The number of fused-ring (bicyclic) bond motifs is 1. The van der Waals surface area contributed by atoms with Crippen molar-refractivity contribution in [1.29, 1.82) is 0 Å². The Labute approximate surface area is 93.5 Å². The topological polar surface area (TPSA) is 56.3 Å². The fourth-order valence-corrected chi connectivity index (χ4v) is 1.71. The number of nitrogens with one attached hydrogen (secondary N) is 1. The van der Waals surface area contributed by atoms with Crippen LogP contribution in [0.15, 0.2) is 30.5 Å². The number of para-hydroxylation sites is 1. The van der Waals surface area contributed by atoms with E-state index in [0.29, 0.717) is 12.1 Å². The van der Waals surface area contributed by atoms with E-state index in [1.807, 2.05) is 24.3 Å². The van der Waals surface area contributed by atoms with Crippen molar-refractivity contribution in [3.8, 4) is 0 Å². The third kappa shape index (κ3) is 1.79. The molecule has 0 saturated heterocycles. The van der Waals surface area contributed by atoms with Crippen molar-refractivity contribution in [1.82, 2.24) is 9.88 Å². The number of H-pyrrole nitrogens is 1. The molecule has 0 aliphatic heterocycles. The number of hydrogen-bond acceptors (Lipinski definition) is 2. The van der Waals surface area contributed by atoms with E-state index in [1.54, 1.807) is 13.2 Å². The molecule has 0 saturated carbocycles. The summed E-state index contributed by atoms with van der Waals surface area (Å²) in [4.78, 5) is 16.6. The molecule has 84 valence electrons. The third-order valence-electron chi connectivity index (χ3n) is 2.60. The average molecular weight is 218 g/mol. The molecule has 0 atom stereocenters. The quantitative estimate of drug-likeness (QED) is 0.814. The highest BCUT2D eigenvalue weighted by Gasteiger charge is 2.15. The molecular formula is C12H14N2O2. The number of likely N-dealkylation sites (N-methyl/N-ethyl adjacent to an activating group) is 1. The fraction of sp³-hybridized carbons (Fsp3) is 0.250. The largest absolute Gasteiger partial charge is 0.395 e. The lowest BCUT2D eigenvalue weighted by Gasteiger charge is -2.14. The molecule has 0 fully saturated rings. The van der Waals surface area contributed by atoms with E-state index in [4.69, 9.17) is 5.11 Å². The van der Waals surface area contributed by atoms with Crippen LogP contribution in [0.25, 0.3) is 10.9 Å². The fourth-order valence-electron chi connectivity index (χ4n) is 1.71. The smallest absolute Gasteiger partial charge is 0.255 e. The zero-order valence-corrected chi connectivity index (χ0v) is 9.10. The van der Waals surface area contributed by atoms with Gasteiger partial charge in [0, 0.05) is 30.7 Å². The van der Waals surface area contributed by atoms with E-state index in [0.717, 1.165) is 10.9 Å². The Balaban J connectivity index is 2.36. The van der Waals surface area contributed by atoms with Crippen LogP contribution >= 0.6 is 0 Å². The molecule has 0 aliphatic rings. The number of carbonyl (C=O) groups excluding carboxylic acids is 1. The Kier molecular flexibility index (Phi) is 2.92. The minimum absolute atomic E-state index is 0.0232. The minimum Gasteiger partial charge on any atom is -0.395 e. The standard InChI is InChI=1S/C12H14N2O2/c1-14(6-7-15)12(16)10-8-13-11-5-3-2-4-9(10)11/h2-5,8,13,15H,6-7H2,1H3. The van der Waals surface area contributed by atoms with Crippen LogP contribution in [-0.4, -0.2) is 41.1 Å². The number of nitrogens with zero attached hydrogens (tertiary/aromatic N) is 1. The lowest BCUT2D eigenvalue weighted by molar-refractivity contribution is 0.0769. The molecule has 2 rings (SSSR count). The highest BCUT2D eigenvalue weighted by Crippen LogP contribution is 2.18. The number of aromatic nitrogens is 1. The summed E-state index contributed by atoms with van der Waals surface area (Å²) < 4.78 is 0. The average Bonchev–Trinajstić information content (AvgIpc) is 2.72. The molecule has 1 aromatic heterocycles. The number of hydrogen-bond donors (Lipinski definition) is 2. The molecule has 1 amide bonds. The highest BCUT2D eigenvalue weighted by atomic mass is 16.3. The second kappa shape index (κ2) is 4.37. The summed E-state index contributed by atoms with van der Waals surface area (Å²) in [5.74, 6) is -0.0773. The molecule has 4 nitrogen and oxygen atoms in total. The summed E-state index contributed by atoms with van der Waals surface area (Å²) >= 11 is 0. The molecule has 1 heterocycles. The Morgan fingerprint density at radius 3 is 2.94 bits per heavy atom. The molecular weight excluding hydrogens is 204 g/mol. The maximum atomic E-state index is 12.0. The molecule has 2 N–H and O–H groups in total. The van der Waals surface area contributed by atoms with Gasteiger partial charge in [0.05, 0.1) is 12.2 Å². The van der Waals surface area contributed by atoms with Crippen molar-refractivity contribution < 1.29 is 9.90 Å². The van der Waals surface area contributed by atoms with E-state index in [2.05, 4.69) is 4.98 Å². The monoisotopic (exact) mass is 218 g/mol. The molecule has 0 aliphatic carbocycles. The SMILES string of the molecule is CN(CCO)C(=O)c1c[nH]c2ccccc12. The summed E-state index contributed by atoms with van der Waals surface area (Å²) in [7, 11) is 1.68. The Morgan fingerprint density at radius 2 is 2.19 bits per heavy atom. The maximum absolute atomic E-state index is 12.0. The van der Waals surface area contributed by atoms with Crippen molar-refractivity contribution in [3.63, 3.8) is 0 Å². The predicted molar refractivity (Wildman–Crippen MR) is 62.3 cm³/mol. The van der Waals surface area contributed by atoms with Crippen molar-refractivity contribution in [2.45, 2.75) is 0 Å². The van der Waals surface area contributed by atoms with Gasteiger partial charge in [0.25, 0.3) is 5.91 Å². The van der Waals surface area contributed by atoms with Crippen molar-refractivity contribution >= 4 is 16.8 Å². The zero-order chi connectivity index (χ0) is 11.5. The van der Waals surface area contributed by atoms with Crippen LogP contribution in [0.2, 0.25) is 0 Å². The number of aromatic amines is 1. The molecule has 0 spiro atoms. The first-order valence-electron chi connectivity index (χ1n) is 5.16. The first-order valence-corrected chi connectivity index (χ1v) is 5.16. The maximum Gasteiger partial charge on any atom is 0.255 e. The molecule has 1 aromatic carbocycles. The van der Waals surface area contributed by atoms with Crippen LogP contribution in [0, 0.1) is 0 Å². The van der Waals surface area contributed by atoms with Crippen LogP contribution in [0.1, 0.15) is 10.4 Å². The molecule has 2 aromatic rings. The first-order chi connectivity index (χ1) is 7.74. The van der Waals surface area contributed by atoms with Crippen LogP contribution in [0.4, 0.5) is 0 Å². The normalized spacial score (nSPS) is 10.6. The predicted octanol–water partition coefficient (Wildman–Crippen LogP) is 1.23. The van der Waals surface area contributed by atoms with Gasteiger partial charge in [-0.1, -0.05) is 18.2 Å². The van der Waals surface area contributed by atoms with Gasteiger partial charge >= 0.3 is 0 Å². The lowest BCUT2D eigenvalue weighted by Crippen LogP contribution is -2.29. The molecule has 0 unspecified atom stereocenters. The van der Waals surface area contributed by atoms with E-state index < -0.39 is 0 Å². The Hall–Kier alpha value is -1.81. The Morgan fingerprint density at radius 1 is 1.44 bits per heavy atom. The number of amides is 1. The van der Waals surface area contributed by atoms with Gasteiger partial charge in [0.1, 0.15) is 0 Å². The van der Waals surface area contributed by atoms with Gasteiger partial charge < -0.3 is 15.0 Å².